The predicted octanol–water partition coefficient (Wildman–Crippen LogP) is 4.81. The van der Waals surface area contributed by atoms with Crippen molar-refractivity contribution in [2.24, 2.45) is 5.92 Å². The van der Waals surface area contributed by atoms with Crippen LogP contribution < -0.4 is 5.32 Å². The predicted molar refractivity (Wildman–Crippen MR) is 100 cm³/mol. The number of ether oxygens (including phenoxy) is 1. The Morgan fingerprint density at radius 2 is 1.87 bits per heavy atom. The highest BCUT2D eigenvalue weighted by Gasteiger charge is 2.25. The normalized spacial score (nSPS) is 13.5. The van der Waals surface area contributed by atoms with E-state index in [1.807, 2.05) is 57.2 Å². The number of hydrogen-bond donors (Lipinski definition) is 1. The molecule has 0 aliphatic carbocycles. The van der Waals surface area contributed by atoms with Crippen LogP contribution in [-0.2, 0) is 9.53 Å². The van der Waals surface area contributed by atoms with E-state index in [2.05, 4.69) is 35.1 Å². The Hall–Kier alpha value is -1.13. The zero-order valence-corrected chi connectivity index (χ0v) is 16.3. The molecule has 0 amide bonds. The Balaban J connectivity index is 2.56. The average molecular weight is 382 g/mol. The number of carbonyl (C=O) groups excluding carboxylic acids is 1. The van der Waals surface area contributed by atoms with Crippen LogP contribution in [0.5, 0.6) is 0 Å². The van der Waals surface area contributed by atoms with Crippen LogP contribution in [0.25, 0.3) is 6.08 Å². The van der Waals surface area contributed by atoms with Gasteiger partial charge in [0.05, 0.1) is 0 Å². The highest BCUT2D eigenvalue weighted by Crippen LogP contribution is 2.13. The molecule has 1 aromatic rings. The first-order valence-electron chi connectivity index (χ1n) is 8.06. The van der Waals surface area contributed by atoms with Gasteiger partial charge in [0.1, 0.15) is 11.6 Å². The van der Waals surface area contributed by atoms with E-state index in [-0.39, 0.29) is 12.0 Å². The first-order valence-corrected chi connectivity index (χ1v) is 8.85. The maximum absolute atomic E-state index is 12.3. The van der Waals surface area contributed by atoms with Crippen LogP contribution in [0.4, 0.5) is 0 Å². The molecular formula is C19H28BrNO2. The number of rotatable bonds is 7. The summed E-state index contributed by atoms with van der Waals surface area (Å²) in [6.07, 6.45) is 4.84. The molecule has 0 bridgehead atoms. The van der Waals surface area contributed by atoms with Gasteiger partial charge in [-0.2, -0.15) is 0 Å². The van der Waals surface area contributed by atoms with Crippen molar-refractivity contribution in [1.82, 2.24) is 5.32 Å². The Morgan fingerprint density at radius 3 is 2.39 bits per heavy atom. The van der Waals surface area contributed by atoms with Gasteiger partial charge in [-0.3, -0.25) is 4.79 Å². The maximum Gasteiger partial charge on any atom is 0.323 e. The summed E-state index contributed by atoms with van der Waals surface area (Å²) in [5, 5.41) is 3.28. The molecule has 1 N–H and O–H groups in total. The molecule has 0 aliphatic rings. The van der Waals surface area contributed by atoms with E-state index in [1.54, 1.807) is 0 Å². The van der Waals surface area contributed by atoms with Gasteiger partial charge in [-0.15, -0.1) is 0 Å². The lowest BCUT2D eigenvalue weighted by molar-refractivity contribution is -0.157. The maximum atomic E-state index is 12.3. The zero-order valence-electron chi connectivity index (χ0n) is 14.7. The van der Waals surface area contributed by atoms with Gasteiger partial charge >= 0.3 is 5.97 Å². The van der Waals surface area contributed by atoms with E-state index in [0.29, 0.717) is 12.5 Å². The molecule has 0 heterocycles. The quantitative estimate of drug-likeness (QED) is 0.688. The lowest BCUT2D eigenvalue weighted by Gasteiger charge is -2.25. The largest absolute Gasteiger partial charge is 0.459 e. The van der Waals surface area contributed by atoms with E-state index < -0.39 is 5.60 Å². The molecule has 128 valence electrons. The topological polar surface area (TPSA) is 38.3 Å². The van der Waals surface area contributed by atoms with Crippen LogP contribution >= 0.6 is 15.9 Å². The fourth-order valence-electron chi connectivity index (χ4n) is 2.09. The van der Waals surface area contributed by atoms with Gasteiger partial charge in [-0.05, 0) is 50.8 Å². The summed E-state index contributed by atoms with van der Waals surface area (Å²) in [4.78, 5) is 12.3. The van der Waals surface area contributed by atoms with Gasteiger partial charge in [0.15, 0.2) is 0 Å². The summed E-state index contributed by atoms with van der Waals surface area (Å²) >= 11 is 3.42. The van der Waals surface area contributed by atoms with Gasteiger partial charge in [0.25, 0.3) is 0 Å². The fourth-order valence-corrected chi connectivity index (χ4v) is 2.35. The molecule has 3 nitrogen and oxygen atoms in total. The van der Waals surface area contributed by atoms with E-state index in [1.165, 1.54) is 0 Å². The lowest BCUT2D eigenvalue weighted by atomic mass is 10.0. The molecular weight excluding hydrogens is 354 g/mol. The van der Waals surface area contributed by atoms with Crippen LogP contribution in [-0.4, -0.2) is 24.2 Å². The van der Waals surface area contributed by atoms with Crippen LogP contribution in [0.3, 0.4) is 0 Å². The summed E-state index contributed by atoms with van der Waals surface area (Å²) in [5.74, 6) is 0.249. The van der Waals surface area contributed by atoms with E-state index in [0.717, 1.165) is 16.5 Å². The van der Waals surface area contributed by atoms with Crippen molar-refractivity contribution < 1.29 is 9.53 Å². The minimum Gasteiger partial charge on any atom is -0.459 e. The molecule has 0 spiro atoms. The van der Waals surface area contributed by atoms with E-state index in [9.17, 15) is 4.79 Å². The average Bonchev–Trinajstić information content (AvgIpc) is 2.41. The van der Waals surface area contributed by atoms with Crippen LogP contribution in [0.2, 0.25) is 0 Å². The second-order valence-electron chi connectivity index (χ2n) is 7.08. The summed E-state index contributed by atoms with van der Waals surface area (Å²) in [5.41, 5.74) is 0.675. The molecule has 4 heteroatoms. The molecule has 1 atom stereocenters. The minimum absolute atomic E-state index is 0.178. The number of hydrogen-bond acceptors (Lipinski definition) is 3. The third-order valence-corrected chi connectivity index (χ3v) is 3.59. The number of esters is 1. The van der Waals surface area contributed by atoms with Crippen molar-refractivity contribution in [1.29, 1.82) is 0 Å². The Bertz CT molecular complexity index is 515. The SMILES string of the molecule is CC(C)C[C@H](NC/C=C/c1ccc(Br)cc1)C(=O)OC(C)(C)C. The molecule has 0 saturated carbocycles. The second-order valence-corrected chi connectivity index (χ2v) is 7.99. The third-order valence-electron chi connectivity index (χ3n) is 3.06. The van der Waals surface area contributed by atoms with Crippen molar-refractivity contribution in [3.63, 3.8) is 0 Å². The number of halogens is 1. The molecule has 0 unspecified atom stereocenters. The van der Waals surface area contributed by atoms with Gasteiger partial charge in [0.2, 0.25) is 0 Å². The number of carbonyl (C=O) groups is 1. The van der Waals surface area contributed by atoms with Gasteiger partial charge in [-0.1, -0.05) is 54.1 Å². The Morgan fingerprint density at radius 1 is 1.26 bits per heavy atom. The smallest absolute Gasteiger partial charge is 0.323 e. The Labute approximate surface area is 148 Å². The highest BCUT2D eigenvalue weighted by molar-refractivity contribution is 9.10. The Kier molecular flexibility index (Phi) is 8.00. The molecule has 0 saturated heterocycles. The molecule has 0 radical (unpaired) electrons. The minimum atomic E-state index is -0.457. The summed E-state index contributed by atoms with van der Waals surface area (Å²) in [6, 6.07) is 7.83. The third kappa shape index (κ3) is 8.92. The highest BCUT2D eigenvalue weighted by atomic mass is 79.9. The molecule has 23 heavy (non-hydrogen) atoms. The molecule has 0 fully saturated rings. The first kappa shape index (κ1) is 19.9. The monoisotopic (exact) mass is 381 g/mol. The molecule has 1 aromatic carbocycles. The van der Waals surface area contributed by atoms with Crippen molar-refractivity contribution in [3.8, 4) is 0 Å². The van der Waals surface area contributed by atoms with Crippen molar-refractivity contribution in [3.05, 3.63) is 40.4 Å². The van der Waals surface area contributed by atoms with Gasteiger partial charge in [-0.25, -0.2) is 0 Å². The van der Waals surface area contributed by atoms with Gasteiger partial charge in [0, 0.05) is 11.0 Å². The zero-order chi connectivity index (χ0) is 17.5. The van der Waals surface area contributed by atoms with E-state index >= 15 is 0 Å². The molecule has 0 aliphatic heterocycles. The summed E-state index contributed by atoms with van der Waals surface area (Å²) < 4.78 is 6.56. The molecule has 1 rings (SSSR count). The van der Waals surface area contributed by atoms with Crippen LogP contribution in [0.1, 0.15) is 46.6 Å². The van der Waals surface area contributed by atoms with Crippen molar-refractivity contribution in [2.45, 2.75) is 52.7 Å². The second kappa shape index (κ2) is 9.24. The van der Waals surface area contributed by atoms with Crippen molar-refractivity contribution in [2.75, 3.05) is 6.54 Å². The fraction of sp³-hybridized carbons (Fsp3) is 0.526. The van der Waals surface area contributed by atoms with Crippen molar-refractivity contribution >= 4 is 28.0 Å². The standard InChI is InChI=1S/C19H28BrNO2/c1-14(2)13-17(18(22)23-19(3,4)5)21-12-6-7-15-8-10-16(20)11-9-15/h6-11,14,17,21H,12-13H2,1-5H3/b7-6+/t17-/m0/s1. The first-order chi connectivity index (χ1) is 10.7. The van der Waals surface area contributed by atoms with Gasteiger partial charge < -0.3 is 10.1 Å². The summed E-state index contributed by atoms with van der Waals surface area (Å²) in [6.45, 7) is 10.5. The van der Waals surface area contributed by atoms with E-state index in [4.69, 9.17) is 4.74 Å². The number of benzene rings is 1. The lowest BCUT2D eigenvalue weighted by Crippen LogP contribution is -2.42. The van der Waals surface area contributed by atoms with Crippen LogP contribution in [0.15, 0.2) is 34.8 Å². The molecule has 0 aromatic heterocycles. The van der Waals surface area contributed by atoms with Crippen LogP contribution in [0, 0.1) is 5.92 Å². The summed E-state index contributed by atoms with van der Waals surface area (Å²) in [7, 11) is 0. The number of nitrogens with one attached hydrogen (secondary N) is 1.